The van der Waals surface area contributed by atoms with Gasteiger partial charge in [-0.3, -0.25) is 9.59 Å². The first-order valence-corrected chi connectivity index (χ1v) is 8.99. The molecule has 0 saturated carbocycles. The van der Waals surface area contributed by atoms with Crippen molar-refractivity contribution < 1.29 is 9.59 Å². The van der Waals surface area contributed by atoms with Crippen LogP contribution in [0.3, 0.4) is 0 Å². The van der Waals surface area contributed by atoms with Crippen molar-refractivity contribution in [3.63, 3.8) is 0 Å². The minimum Gasteiger partial charge on any atom is -0.369 e. The van der Waals surface area contributed by atoms with Crippen LogP contribution in [0, 0.1) is 0 Å². The van der Waals surface area contributed by atoms with Gasteiger partial charge in [-0.05, 0) is 57.2 Å². The van der Waals surface area contributed by atoms with E-state index in [0.717, 1.165) is 12.2 Å². The third kappa shape index (κ3) is 5.23. The molecule has 2 N–H and O–H groups in total. The van der Waals surface area contributed by atoms with E-state index in [-0.39, 0.29) is 18.4 Å². The highest BCUT2D eigenvalue weighted by Crippen LogP contribution is 2.20. The minimum absolute atomic E-state index is 0.126. The van der Waals surface area contributed by atoms with Gasteiger partial charge in [0.05, 0.1) is 17.1 Å². The minimum atomic E-state index is -0.378. The molecule has 2 aromatic carbocycles. The van der Waals surface area contributed by atoms with E-state index < -0.39 is 0 Å². The molecule has 0 spiro atoms. The van der Waals surface area contributed by atoms with Gasteiger partial charge < -0.3 is 15.5 Å². The van der Waals surface area contributed by atoms with Crippen molar-refractivity contribution in [2.24, 2.45) is 0 Å². The van der Waals surface area contributed by atoms with Crippen LogP contribution < -0.4 is 15.5 Å². The largest absolute Gasteiger partial charge is 0.369 e. The summed E-state index contributed by atoms with van der Waals surface area (Å²) < 4.78 is 0. The summed E-state index contributed by atoms with van der Waals surface area (Å²) in [4.78, 5) is 26.4. The van der Waals surface area contributed by atoms with E-state index in [9.17, 15) is 9.59 Å². The van der Waals surface area contributed by atoms with Crippen LogP contribution in [0.15, 0.2) is 48.5 Å². The van der Waals surface area contributed by atoms with E-state index >= 15 is 0 Å². The second-order valence-corrected chi connectivity index (χ2v) is 6.54. The van der Waals surface area contributed by atoms with Crippen LogP contribution in [-0.4, -0.2) is 30.9 Å². The maximum atomic E-state index is 12.1. The standard InChI is InChI=1S/C20H24ClN3O2/c1-4-24(14(2)3)16-11-9-15(10-12-16)23-19(25)13-22-20(26)17-7-5-6-8-18(17)21/h5-12,14H,4,13H2,1-3H3,(H,22,26)(H,23,25). The van der Waals surface area contributed by atoms with Crippen molar-refractivity contribution in [2.45, 2.75) is 26.8 Å². The van der Waals surface area contributed by atoms with Gasteiger partial charge in [-0.15, -0.1) is 0 Å². The molecule has 0 radical (unpaired) electrons. The molecule has 0 heterocycles. The van der Waals surface area contributed by atoms with Gasteiger partial charge >= 0.3 is 0 Å². The Kier molecular flexibility index (Phi) is 7.04. The lowest BCUT2D eigenvalue weighted by atomic mass is 10.2. The molecule has 0 aliphatic rings. The number of nitrogens with one attached hydrogen (secondary N) is 2. The Labute approximate surface area is 159 Å². The number of nitrogens with zero attached hydrogens (tertiary/aromatic N) is 1. The van der Waals surface area contributed by atoms with Crippen molar-refractivity contribution in [2.75, 3.05) is 23.3 Å². The number of carbonyl (C=O) groups excluding carboxylic acids is 2. The summed E-state index contributed by atoms with van der Waals surface area (Å²) in [6, 6.07) is 14.8. The summed E-state index contributed by atoms with van der Waals surface area (Å²) in [6.45, 7) is 7.18. The number of hydrogen-bond acceptors (Lipinski definition) is 3. The first kappa shape index (κ1) is 19.8. The topological polar surface area (TPSA) is 61.4 Å². The van der Waals surface area contributed by atoms with E-state index in [0.29, 0.717) is 22.3 Å². The van der Waals surface area contributed by atoms with Crippen LogP contribution >= 0.6 is 11.6 Å². The number of carbonyl (C=O) groups is 2. The molecule has 5 nitrogen and oxygen atoms in total. The van der Waals surface area contributed by atoms with Crippen LogP contribution in [0.1, 0.15) is 31.1 Å². The van der Waals surface area contributed by atoms with E-state index in [1.54, 1.807) is 24.3 Å². The number of halogens is 1. The van der Waals surface area contributed by atoms with Crippen molar-refractivity contribution >= 4 is 34.8 Å². The first-order valence-electron chi connectivity index (χ1n) is 8.61. The Morgan fingerprint density at radius 2 is 1.73 bits per heavy atom. The van der Waals surface area contributed by atoms with Crippen molar-refractivity contribution in [1.29, 1.82) is 0 Å². The zero-order chi connectivity index (χ0) is 19.1. The highest BCUT2D eigenvalue weighted by molar-refractivity contribution is 6.33. The van der Waals surface area contributed by atoms with Crippen LogP contribution in [0.25, 0.3) is 0 Å². The third-order valence-electron chi connectivity index (χ3n) is 3.97. The Morgan fingerprint density at radius 3 is 2.31 bits per heavy atom. The summed E-state index contributed by atoms with van der Waals surface area (Å²) in [5, 5.41) is 5.69. The smallest absolute Gasteiger partial charge is 0.253 e. The molecule has 0 aliphatic carbocycles. The maximum Gasteiger partial charge on any atom is 0.253 e. The van der Waals surface area contributed by atoms with E-state index in [1.807, 2.05) is 24.3 Å². The predicted molar refractivity (Wildman–Crippen MR) is 107 cm³/mol. The van der Waals surface area contributed by atoms with Gasteiger partial charge in [-0.25, -0.2) is 0 Å². The van der Waals surface area contributed by atoms with E-state index in [2.05, 4.69) is 36.3 Å². The Balaban J connectivity index is 1.90. The molecule has 0 fully saturated rings. The maximum absolute atomic E-state index is 12.1. The third-order valence-corrected chi connectivity index (χ3v) is 4.30. The fourth-order valence-corrected chi connectivity index (χ4v) is 2.91. The van der Waals surface area contributed by atoms with Crippen LogP contribution in [0.5, 0.6) is 0 Å². The molecule has 2 aromatic rings. The van der Waals surface area contributed by atoms with Crippen molar-refractivity contribution in [1.82, 2.24) is 5.32 Å². The number of anilines is 2. The fourth-order valence-electron chi connectivity index (χ4n) is 2.69. The Bertz CT molecular complexity index is 760. The second-order valence-electron chi connectivity index (χ2n) is 6.14. The summed E-state index contributed by atoms with van der Waals surface area (Å²) >= 11 is 5.97. The zero-order valence-electron chi connectivity index (χ0n) is 15.3. The Hall–Kier alpha value is -2.53. The summed E-state index contributed by atoms with van der Waals surface area (Å²) in [6.07, 6.45) is 0. The average Bonchev–Trinajstić information content (AvgIpc) is 2.62. The number of hydrogen-bond donors (Lipinski definition) is 2. The van der Waals surface area contributed by atoms with E-state index in [4.69, 9.17) is 11.6 Å². The van der Waals surface area contributed by atoms with Gasteiger partial charge in [0.2, 0.25) is 5.91 Å². The molecule has 0 aromatic heterocycles. The number of amides is 2. The lowest BCUT2D eigenvalue weighted by molar-refractivity contribution is -0.115. The van der Waals surface area contributed by atoms with Crippen molar-refractivity contribution in [3.8, 4) is 0 Å². The SMILES string of the molecule is CCN(c1ccc(NC(=O)CNC(=O)c2ccccc2Cl)cc1)C(C)C. The van der Waals surface area contributed by atoms with Gasteiger partial charge in [-0.2, -0.15) is 0 Å². The second kappa shape index (κ2) is 9.25. The van der Waals surface area contributed by atoms with Gasteiger partial charge in [0.25, 0.3) is 5.91 Å². The molecule has 0 bridgehead atoms. The van der Waals surface area contributed by atoms with Crippen LogP contribution in [0.2, 0.25) is 5.02 Å². The zero-order valence-corrected chi connectivity index (χ0v) is 16.0. The highest BCUT2D eigenvalue weighted by atomic mass is 35.5. The van der Waals surface area contributed by atoms with Gasteiger partial charge in [0.15, 0.2) is 0 Å². The predicted octanol–water partition coefficient (Wildman–Crippen LogP) is 3.94. The quantitative estimate of drug-likeness (QED) is 0.772. The summed E-state index contributed by atoms with van der Waals surface area (Å²) in [5.74, 6) is -0.675. The van der Waals surface area contributed by atoms with Gasteiger partial charge in [-0.1, -0.05) is 23.7 Å². The molecule has 0 unspecified atom stereocenters. The highest BCUT2D eigenvalue weighted by Gasteiger charge is 2.12. The molecule has 0 aliphatic heterocycles. The lowest BCUT2D eigenvalue weighted by Gasteiger charge is -2.27. The molecule has 6 heteroatoms. The number of rotatable bonds is 7. The molecule has 26 heavy (non-hydrogen) atoms. The molecule has 0 saturated heterocycles. The monoisotopic (exact) mass is 373 g/mol. The fraction of sp³-hybridized carbons (Fsp3) is 0.300. The summed E-state index contributed by atoms with van der Waals surface area (Å²) in [7, 11) is 0. The average molecular weight is 374 g/mol. The van der Waals surface area contributed by atoms with E-state index in [1.165, 1.54) is 0 Å². The summed E-state index contributed by atoms with van der Waals surface area (Å²) in [5.41, 5.74) is 2.14. The molecule has 2 rings (SSSR count). The molecular weight excluding hydrogens is 350 g/mol. The van der Waals surface area contributed by atoms with Crippen LogP contribution in [-0.2, 0) is 4.79 Å². The van der Waals surface area contributed by atoms with Crippen LogP contribution in [0.4, 0.5) is 11.4 Å². The lowest BCUT2D eigenvalue weighted by Crippen LogP contribution is -2.33. The first-order chi connectivity index (χ1) is 12.4. The molecule has 2 amide bonds. The number of benzene rings is 2. The van der Waals surface area contributed by atoms with Crippen molar-refractivity contribution in [3.05, 3.63) is 59.1 Å². The Morgan fingerprint density at radius 1 is 1.08 bits per heavy atom. The van der Waals surface area contributed by atoms with Gasteiger partial charge in [0, 0.05) is 24.0 Å². The molecular formula is C20H24ClN3O2. The molecule has 138 valence electrons. The normalized spacial score (nSPS) is 10.5. The molecule has 0 atom stereocenters. The van der Waals surface area contributed by atoms with Gasteiger partial charge in [0.1, 0.15) is 0 Å².